The summed E-state index contributed by atoms with van der Waals surface area (Å²) < 4.78 is 0. The summed E-state index contributed by atoms with van der Waals surface area (Å²) >= 11 is 0. The number of nitrogen functional groups attached to an aromatic ring is 1. The molecule has 1 heterocycles. The van der Waals surface area contributed by atoms with E-state index in [4.69, 9.17) is 5.73 Å². The van der Waals surface area contributed by atoms with Crippen molar-refractivity contribution in [2.75, 3.05) is 38.2 Å². The third-order valence-electron chi connectivity index (χ3n) is 4.49. The molecule has 0 atom stereocenters. The predicted molar refractivity (Wildman–Crippen MR) is 96.2 cm³/mol. The zero-order valence-corrected chi connectivity index (χ0v) is 14.5. The first-order valence-electron chi connectivity index (χ1n) is 8.11. The summed E-state index contributed by atoms with van der Waals surface area (Å²) in [6.07, 6.45) is 3.29. The molecular weight excluding hydrogens is 302 g/mol. The molecule has 1 aliphatic rings. The molecule has 1 amide bonds. The summed E-state index contributed by atoms with van der Waals surface area (Å²) in [6.45, 7) is 3.88. The van der Waals surface area contributed by atoms with Crippen LogP contribution in [-0.2, 0) is 4.79 Å². The second-order valence-electron chi connectivity index (χ2n) is 6.36. The maximum atomic E-state index is 12.6. The molecule has 128 valence electrons. The summed E-state index contributed by atoms with van der Waals surface area (Å²) in [7, 11) is 3.85. The van der Waals surface area contributed by atoms with Crippen molar-refractivity contribution in [2.45, 2.75) is 25.8 Å². The number of nitrogens with two attached hydrogens (primary N) is 1. The quantitative estimate of drug-likeness (QED) is 0.501. The summed E-state index contributed by atoms with van der Waals surface area (Å²) in [5.41, 5.74) is 8.34. The SMILES string of the molecule is Cc1ccc(N/C=C(/C#N)C(=O)N(C)C2CCN(C)CC2)c(N)c1. The van der Waals surface area contributed by atoms with Gasteiger partial charge in [-0.3, -0.25) is 4.79 Å². The van der Waals surface area contributed by atoms with E-state index in [-0.39, 0.29) is 17.5 Å². The maximum absolute atomic E-state index is 12.6. The standard InChI is InChI=1S/C18H25N5O/c1-13-4-5-17(16(20)10-13)21-12-14(11-19)18(24)23(3)15-6-8-22(2)9-7-15/h4-5,10,12,15,21H,6-9,20H2,1-3H3/b14-12-. The Kier molecular flexibility index (Phi) is 5.83. The van der Waals surface area contributed by atoms with Gasteiger partial charge in [-0.15, -0.1) is 0 Å². The third-order valence-corrected chi connectivity index (χ3v) is 4.49. The first-order chi connectivity index (χ1) is 11.4. The molecule has 0 radical (unpaired) electrons. The molecule has 1 aliphatic heterocycles. The molecule has 6 nitrogen and oxygen atoms in total. The Labute approximate surface area is 143 Å². The van der Waals surface area contributed by atoms with E-state index < -0.39 is 0 Å². The van der Waals surface area contributed by atoms with Gasteiger partial charge in [0.1, 0.15) is 11.6 Å². The van der Waals surface area contributed by atoms with E-state index in [2.05, 4.69) is 17.3 Å². The van der Waals surface area contributed by atoms with Gasteiger partial charge in [-0.25, -0.2) is 0 Å². The monoisotopic (exact) mass is 327 g/mol. The van der Waals surface area contributed by atoms with Gasteiger partial charge >= 0.3 is 0 Å². The molecule has 3 N–H and O–H groups in total. The van der Waals surface area contributed by atoms with Gasteiger partial charge in [0.05, 0.1) is 11.4 Å². The molecule has 1 aromatic carbocycles. The lowest BCUT2D eigenvalue weighted by Gasteiger charge is -2.35. The first-order valence-corrected chi connectivity index (χ1v) is 8.11. The van der Waals surface area contributed by atoms with Crippen LogP contribution in [0.4, 0.5) is 11.4 Å². The summed E-state index contributed by atoms with van der Waals surface area (Å²) in [4.78, 5) is 16.5. The van der Waals surface area contributed by atoms with Gasteiger partial charge in [-0.05, 0) is 57.6 Å². The number of hydrogen-bond donors (Lipinski definition) is 2. The Bertz CT molecular complexity index is 668. The van der Waals surface area contributed by atoms with Crippen LogP contribution in [0.25, 0.3) is 0 Å². The van der Waals surface area contributed by atoms with E-state index in [1.807, 2.05) is 31.2 Å². The highest BCUT2D eigenvalue weighted by atomic mass is 16.2. The van der Waals surface area contributed by atoms with Crippen molar-refractivity contribution in [3.63, 3.8) is 0 Å². The fourth-order valence-corrected chi connectivity index (χ4v) is 2.84. The molecule has 2 rings (SSSR count). The molecule has 6 heteroatoms. The number of likely N-dealkylation sites (tertiary alicyclic amines) is 1. The van der Waals surface area contributed by atoms with Crippen LogP contribution in [0.3, 0.4) is 0 Å². The van der Waals surface area contributed by atoms with E-state index in [1.165, 1.54) is 6.20 Å². The summed E-state index contributed by atoms with van der Waals surface area (Å²) in [5, 5.41) is 12.3. The van der Waals surface area contributed by atoms with Crippen molar-refractivity contribution in [3.05, 3.63) is 35.5 Å². The maximum Gasteiger partial charge on any atom is 0.266 e. The lowest BCUT2D eigenvalue weighted by molar-refractivity contribution is -0.128. The average molecular weight is 327 g/mol. The number of amides is 1. The minimum absolute atomic E-state index is 0.0800. The molecular formula is C18H25N5O. The number of nitrogens with zero attached hydrogens (tertiary/aromatic N) is 3. The molecule has 1 saturated heterocycles. The molecule has 1 fully saturated rings. The highest BCUT2D eigenvalue weighted by molar-refractivity contribution is 5.97. The molecule has 0 bridgehead atoms. The zero-order valence-electron chi connectivity index (χ0n) is 14.5. The molecule has 0 unspecified atom stereocenters. The van der Waals surface area contributed by atoms with Gasteiger partial charge in [0.15, 0.2) is 0 Å². The molecule has 1 aromatic rings. The van der Waals surface area contributed by atoms with Crippen LogP contribution in [0.2, 0.25) is 0 Å². The summed E-state index contributed by atoms with van der Waals surface area (Å²) in [5.74, 6) is -0.259. The molecule has 0 saturated carbocycles. The van der Waals surface area contributed by atoms with Crippen LogP contribution in [0.1, 0.15) is 18.4 Å². The van der Waals surface area contributed by atoms with Crippen LogP contribution in [0.15, 0.2) is 30.0 Å². The van der Waals surface area contributed by atoms with E-state index in [9.17, 15) is 10.1 Å². The zero-order chi connectivity index (χ0) is 17.7. The number of nitriles is 1. The number of nitrogens with one attached hydrogen (secondary N) is 1. The second kappa shape index (κ2) is 7.84. The van der Waals surface area contributed by atoms with Gasteiger partial charge in [0, 0.05) is 19.3 Å². The highest BCUT2D eigenvalue weighted by Crippen LogP contribution is 2.20. The number of aryl methyl sites for hydroxylation is 1. The normalized spacial score (nSPS) is 16.5. The Morgan fingerprint density at radius 3 is 2.71 bits per heavy atom. The van der Waals surface area contributed by atoms with Crippen molar-refractivity contribution in [1.82, 2.24) is 9.80 Å². The van der Waals surface area contributed by atoms with Crippen molar-refractivity contribution >= 4 is 17.3 Å². The third kappa shape index (κ3) is 4.27. The molecule has 0 aromatic heterocycles. The number of hydrogen-bond acceptors (Lipinski definition) is 5. The highest BCUT2D eigenvalue weighted by Gasteiger charge is 2.25. The lowest BCUT2D eigenvalue weighted by atomic mass is 10.0. The summed E-state index contributed by atoms with van der Waals surface area (Å²) in [6, 6.07) is 7.76. The molecule has 0 spiro atoms. The van der Waals surface area contributed by atoms with E-state index in [1.54, 1.807) is 11.9 Å². The van der Waals surface area contributed by atoms with Crippen LogP contribution >= 0.6 is 0 Å². The Morgan fingerprint density at radius 1 is 1.46 bits per heavy atom. The van der Waals surface area contributed by atoms with Gasteiger partial charge in [-0.1, -0.05) is 6.07 Å². The minimum Gasteiger partial charge on any atom is -0.397 e. The number of carbonyl (C=O) groups is 1. The van der Waals surface area contributed by atoms with Gasteiger partial charge in [-0.2, -0.15) is 5.26 Å². The number of carbonyl (C=O) groups excluding carboxylic acids is 1. The Morgan fingerprint density at radius 2 is 2.12 bits per heavy atom. The first kappa shape index (κ1) is 17.8. The Hall–Kier alpha value is -2.52. The van der Waals surface area contributed by atoms with Gasteiger partial charge in [0.25, 0.3) is 5.91 Å². The average Bonchev–Trinajstić information content (AvgIpc) is 2.57. The van der Waals surface area contributed by atoms with Crippen molar-refractivity contribution in [2.24, 2.45) is 0 Å². The Balaban J connectivity index is 2.06. The predicted octanol–water partition coefficient (Wildman–Crippen LogP) is 1.95. The lowest BCUT2D eigenvalue weighted by Crippen LogP contribution is -2.44. The van der Waals surface area contributed by atoms with E-state index in [0.29, 0.717) is 11.4 Å². The number of piperidine rings is 1. The van der Waals surface area contributed by atoms with Crippen LogP contribution in [-0.4, -0.2) is 48.9 Å². The number of benzene rings is 1. The van der Waals surface area contributed by atoms with Crippen LogP contribution < -0.4 is 11.1 Å². The number of rotatable bonds is 4. The minimum atomic E-state index is -0.259. The van der Waals surface area contributed by atoms with Crippen LogP contribution in [0.5, 0.6) is 0 Å². The second-order valence-corrected chi connectivity index (χ2v) is 6.36. The largest absolute Gasteiger partial charge is 0.397 e. The topological polar surface area (TPSA) is 85.4 Å². The smallest absolute Gasteiger partial charge is 0.266 e. The number of likely N-dealkylation sites (N-methyl/N-ethyl adjacent to an activating group) is 1. The van der Waals surface area contributed by atoms with E-state index >= 15 is 0 Å². The van der Waals surface area contributed by atoms with E-state index in [0.717, 1.165) is 31.5 Å². The molecule has 24 heavy (non-hydrogen) atoms. The number of anilines is 2. The van der Waals surface area contributed by atoms with Gasteiger partial charge in [0.2, 0.25) is 0 Å². The van der Waals surface area contributed by atoms with Crippen molar-refractivity contribution in [3.8, 4) is 6.07 Å². The fraction of sp³-hybridized carbons (Fsp3) is 0.444. The van der Waals surface area contributed by atoms with Gasteiger partial charge < -0.3 is 20.9 Å². The van der Waals surface area contributed by atoms with Crippen LogP contribution in [0, 0.1) is 18.3 Å². The molecule has 0 aliphatic carbocycles. The van der Waals surface area contributed by atoms with Crippen molar-refractivity contribution < 1.29 is 4.79 Å². The van der Waals surface area contributed by atoms with Crippen molar-refractivity contribution in [1.29, 1.82) is 5.26 Å². The fourth-order valence-electron chi connectivity index (χ4n) is 2.84.